The van der Waals surface area contributed by atoms with Crippen LogP contribution in [0.5, 0.6) is 11.5 Å². The quantitative estimate of drug-likeness (QED) is 0.654. The number of hydrogen-bond acceptors (Lipinski definition) is 7. The van der Waals surface area contributed by atoms with Gasteiger partial charge in [0.05, 0.1) is 14.2 Å². The summed E-state index contributed by atoms with van der Waals surface area (Å²) in [5.74, 6) is 1.48. The lowest BCUT2D eigenvalue weighted by molar-refractivity contribution is -0.126. The number of carbonyl (C=O) groups excluding carboxylic acids is 1. The zero-order chi connectivity index (χ0) is 22.6. The summed E-state index contributed by atoms with van der Waals surface area (Å²) in [5.41, 5.74) is 1.30. The minimum Gasteiger partial charge on any atom is -0.497 e. The van der Waals surface area contributed by atoms with Gasteiger partial charge in [-0.2, -0.15) is 4.31 Å². The Morgan fingerprint density at radius 3 is 2.52 bits per heavy atom. The molecule has 31 heavy (non-hydrogen) atoms. The molecule has 0 unspecified atom stereocenters. The molecule has 1 N–H and O–H groups in total. The van der Waals surface area contributed by atoms with Gasteiger partial charge in [-0.05, 0) is 56.9 Å². The number of piperidine rings is 1. The Hall–Kier alpha value is -2.59. The third-order valence-electron chi connectivity index (χ3n) is 5.57. The van der Waals surface area contributed by atoms with E-state index >= 15 is 0 Å². The summed E-state index contributed by atoms with van der Waals surface area (Å²) in [6.07, 6.45) is 1.54. The third kappa shape index (κ3) is 5.01. The van der Waals surface area contributed by atoms with E-state index in [2.05, 4.69) is 10.5 Å². The lowest BCUT2D eigenvalue weighted by Crippen LogP contribution is -2.43. The fourth-order valence-electron chi connectivity index (χ4n) is 3.87. The average Bonchev–Trinajstić information content (AvgIpc) is 3.12. The molecule has 170 valence electrons. The highest BCUT2D eigenvalue weighted by Gasteiger charge is 2.35. The molecule has 3 rings (SSSR count). The van der Waals surface area contributed by atoms with Gasteiger partial charge in [0, 0.05) is 25.6 Å². The lowest BCUT2D eigenvalue weighted by Gasteiger charge is -2.30. The number of amides is 1. The largest absolute Gasteiger partial charge is 0.497 e. The summed E-state index contributed by atoms with van der Waals surface area (Å²) in [4.78, 5) is 12.7. The van der Waals surface area contributed by atoms with Crippen LogP contribution in [0.3, 0.4) is 0 Å². The number of aryl methyl sites for hydroxylation is 2. The average molecular weight is 452 g/mol. The van der Waals surface area contributed by atoms with Gasteiger partial charge in [-0.3, -0.25) is 4.79 Å². The number of methoxy groups -OCH3 is 2. The predicted octanol–water partition coefficient (Wildman–Crippen LogP) is 2.07. The van der Waals surface area contributed by atoms with Crippen molar-refractivity contribution in [2.45, 2.75) is 38.0 Å². The van der Waals surface area contributed by atoms with Crippen molar-refractivity contribution in [3.8, 4) is 11.5 Å². The minimum atomic E-state index is -3.68. The molecule has 2 heterocycles. The van der Waals surface area contributed by atoms with Crippen LogP contribution in [-0.4, -0.2) is 57.6 Å². The summed E-state index contributed by atoms with van der Waals surface area (Å²) in [6.45, 7) is 4.23. The van der Waals surface area contributed by atoms with Gasteiger partial charge in [0.1, 0.15) is 22.1 Å². The molecule has 1 aromatic heterocycles. The molecule has 0 bridgehead atoms. The lowest BCUT2D eigenvalue weighted by atomic mass is 9.97. The Labute approximate surface area is 182 Å². The monoisotopic (exact) mass is 451 g/mol. The van der Waals surface area contributed by atoms with Gasteiger partial charge in [-0.15, -0.1) is 0 Å². The molecule has 1 fully saturated rings. The fraction of sp³-hybridized carbons (Fsp3) is 0.524. The van der Waals surface area contributed by atoms with E-state index in [1.807, 2.05) is 18.2 Å². The van der Waals surface area contributed by atoms with Gasteiger partial charge in [-0.25, -0.2) is 8.42 Å². The van der Waals surface area contributed by atoms with Crippen LogP contribution in [0.2, 0.25) is 0 Å². The van der Waals surface area contributed by atoms with Crippen molar-refractivity contribution in [3.05, 3.63) is 35.2 Å². The van der Waals surface area contributed by atoms with Gasteiger partial charge >= 0.3 is 0 Å². The maximum atomic E-state index is 12.9. The standard InChI is InChI=1S/C21H29N3O6S/c1-14-20(15(2)30-23-14)31(26,27)24-11-8-16(9-12-24)21(25)22-10-7-17-13-18(28-3)5-6-19(17)29-4/h5-6,13,16H,7-12H2,1-4H3,(H,22,25). The van der Waals surface area contributed by atoms with Crippen molar-refractivity contribution >= 4 is 15.9 Å². The Balaban J connectivity index is 1.53. The number of benzene rings is 1. The Morgan fingerprint density at radius 2 is 1.94 bits per heavy atom. The van der Waals surface area contributed by atoms with Crippen molar-refractivity contribution < 1.29 is 27.2 Å². The van der Waals surface area contributed by atoms with Gasteiger partial charge in [-0.1, -0.05) is 5.16 Å². The van der Waals surface area contributed by atoms with E-state index in [0.29, 0.717) is 31.5 Å². The molecular formula is C21H29N3O6S. The Kier molecular flexibility index (Phi) is 7.22. The molecule has 0 aliphatic carbocycles. The normalized spacial score (nSPS) is 15.6. The number of nitrogens with one attached hydrogen (secondary N) is 1. The molecule has 9 nitrogen and oxygen atoms in total. The Bertz CT molecular complexity index is 1010. The summed E-state index contributed by atoms with van der Waals surface area (Å²) in [7, 11) is -0.469. The second-order valence-corrected chi connectivity index (χ2v) is 9.43. The Morgan fingerprint density at radius 1 is 1.23 bits per heavy atom. The molecular weight excluding hydrogens is 422 g/mol. The molecule has 2 aromatic rings. The molecule has 0 atom stereocenters. The highest BCUT2D eigenvalue weighted by Crippen LogP contribution is 2.28. The van der Waals surface area contributed by atoms with Crippen LogP contribution in [0, 0.1) is 19.8 Å². The van der Waals surface area contributed by atoms with Gasteiger partial charge < -0.3 is 19.3 Å². The van der Waals surface area contributed by atoms with Crippen molar-refractivity contribution in [2.24, 2.45) is 5.92 Å². The third-order valence-corrected chi connectivity index (χ3v) is 7.72. The van der Waals surface area contributed by atoms with Crippen LogP contribution < -0.4 is 14.8 Å². The number of aromatic nitrogens is 1. The minimum absolute atomic E-state index is 0.0590. The molecule has 1 aliphatic rings. The van der Waals surface area contributed by atoms with Crippen LogP contribution >= 0.6 is 0 Å². The summed E-state index contributed by atoms with van der Waals surface area (Å²) in [6, 6.07) is 5.56. The number of carbonyl (C=O) groups is 1. The van der Waals surface area contributed by atoms with E-state index in [4.69, 9.17) is 14.0 Å². The molecule has 1 aliphatic heterocycles. The van der Waals surface area contributed by atoms with Crippen LogP contribution in [0.25, 0.3) is 0 Å². The van der Waals surface area contributed by atoms with Crippen molar-refractivity contribution in [1.29, 1.82) is 0 Å². The summed E-state index contributed by atoms with van der Waals surface area (Å²) < 4.78 is 42.9. The first-order chi connectivity index (χ1) is 14.8. The van der Waals surface area contributed by atoms with E-state index in [9.17, 15) is 13.2 Å². The second-order valence-electron chi connectivity index (χ2n) is 7.55. The predicted molar refractivity (Wildman–Crippen MR) is 114 cm³/mol. The molecule has 1 amide bonds. The van der Waals surface area contributed by atoms with Gasteiger partial charge in [0.25, 0.3) is 0 Å². The van der Waals surface area contributed by atoms with E-state index < -0.39 is 10.0 Å². The van der Waals surface area contributed by atoms with Crippen molar-refractivity contribution in [1.82, 2.24) is 14.8 Å². The highest BCUT2D eigenvalue weighted by molar-refractivity contribution is 7.89. The van der Waals surface area contributed by atoms with E-state index in [-0.39, 0.29) is 35.6 Å². The topological polar surface area (TPSA) is 111 Å². The second kappa shape index (κ2) is 9.69. The number of ether oxygens (including phenoxy) is 2. The first-order valence-corrected chi connectivity index (χ1v) is 11.6. The number of rotatable bonds is 8. The zero-order valence-electron chi connectivity index (χ0n) is 18.3. The maximum Gasteiger partial charge on any atom is 0.248 e. The molecule has 0 saturated carbocycles. The number of hydrogen-bond donors (Lipinski definition) is 1. The highest BCUT2D eigenvalue weighted by atomic mass is 32.2. The first-order valence-electron chi connectivity index (χ1n) is 10.2. The molecule has 10 heteroatoms. The van der Waals surface area contributed by atoms with Crippen LogP contribution in [0.4, 0.5) is 0 Å². The molecule has 1 aromatic carbocycles. The van der Waals surface area contributed by atoms with Crippen LogP contribution in [0.1, 0.15) is 29.9 Å². The van der Waals surface area contributed by atoms with Gasteiger partial charge in [0.2, 0.25) is 15.9 Å². The first kappa shape index (κ1) is 23.1. The number of nitrogens with zero attached hydrogens (tertiary/aromatic N) is 2. The molecule has 0 radical (unpaired) electrons. The van der Waals surface area contributed by atoms with Crippen LogP contribution in [-0.2, 0) is 21.2 Å². The van der Waals surface area contributed by atoms with E-state index in [1.54, 1.807) is 28.1 Å². The van der Waals surface area contributed by atoms with Crippen molar-refractivity contribution in [3.63, 3.8) is 0 Å². The van der Waals surface area contributed by atoms with Crippen LogP contribution in [0.15, 0.2) is 27.6 Å². The van der Waals surface area contributed by atoms with Crippen molar-refractivity contribution in [2.75, 3.05) is 33.9 Å². The molecule has 1 saturated heterocycles. The van der Waals surface area contributed by atoms with E-state index in [1.165, 1.54) is 4.31 Å². The smallest absolute Gasteiger partial charge is 0.248 e. The zero-order valence-corrected chi connectivity index (χ0v) is 19.1. The maximum absolute atomic E-state index is 12.9. The summed E-state index contributed by atoms with van der Waals surface area (Å²) in [5, 5.41) is 6.70. The summed E-state index contributed by atoms with van der Waals surface area (Å²) >= 11 is 0. The van der Waals surface area contributed by atoms with Gasteiger partial charge in [0.15, 0.2) is 5.76 Å². The number of sulfonamides is 1. The molecule has 0 spiro atoms. The fourth-order valence-corrected chi connectivity index (χ4v) is 5.63. The van der Waals surface area contributed by atoms with E-state index in [0.717, 1.165) is 17.1 Å². The SMILES string of the molecule is COc1ccc(OC)c(CCNC(=O)C2CCN(S(=O)(=O)c3c(C)noc3C)CC2)c1.